The summed E-state index contributed by atoms with van der Waals surface area (Å²) in [5.74, 6) is 1.07. The van der Waals surface area contributed by atoms with Crippen LogP contribution in [-0.2, 0) is 15.3 Å². The molecule has 7 heteroatoms. The number of fused-ring (bicyclic) bond motifs is 1. The first-order valence-corrected chi connectivity index (χ1v) is 11.3. The molecule has 160 valence electrons. The fraction of sp³-hybridized carbons (Fsp3) is 0.292. The van der Waals surface area contributed by atoms with E-state index in [2.05, 4.69) is 36.5 Å². The summed E-state index contributed by atoms with van der Waals surface area (Å²) in [6.45, 7) is 8.14. The van der Waals surface area contributed by atoms with Crippen LogP contribution in [0.5, 0.6) is 0 Å². The van der Waals surface area contributed by atoms with E-state index in [1.807, 2.05) is 45.0 Å². The summed E-state index contributed by atoms with van der Waals surface area (Å²) >= 11 is 1.58. The van der Waals surface area contributed by atoms with E-state index < -0.39 is 6.04 Å². The first-order chi connectivity index (χ1) is 15.0. The molecule has 0 saturated carbocycles. The highest BCUT2D eigenvalue weighted by molar-refractivity contribution is 7.98. The first kappa shape index (κ1) is 21.2. The molecule has 3 aromatic rings. The van der Waals surface area contributed by atoms with E-state index in [9.17, 15) is 4.79 Å². The number of ether oxygens (including phenoxy) is 1. The van der Waals surface area contributed by atoms with Crippen LogP contribution < -0.4 is 5.32 Å². The Bertz CT molecular complexity index is 1150. The Balaban J connectivity index is 1.71. The quantitative estimate of drug-likeness (QED) is 0.433. The Morgan fingerprint density at radius 3 is 2.71 bits per heavy atom. The lowest BCUT2D eigenvalue weighted by Gasteiger charge is -2.28. The van der Waals surface area contributed by atoms with Crippen LogP contribution in [0.25, 0.3) is 0 Å². The number of carbonyl (C=O) groups is 1. The van der Waals surface area contributed by atoms with Crippen LogP contribution in [0, 0.1) is 13.8 Å². The van der Waals surface area contributed by atoms with Crippen LogP contribution in [0.2, 0.25) is 0 Å². The van der Waals surface area contributed by atoms with Gasteiger partial charge in [-0.3, -0.25) is 0 Å². The molecule has 6 nitrogen and oxygen atoms in total. The van der Waals surface area contributed by atoms with E-state index in [0.717, 1.165) is 22.6 Å². The molecule has 0 aliphatic carbocycles. The molecule has 1 aromatic heterocycles. The second-order valence-electron chi connectivity index (χ2n) is 7.58. The van der Waals surface area contributed by atoms with E-state index in [1.54, 1.807) is 16.4 Å². The van der Waals surface area contributed by atoms with Crippen LogP contribution in [0.1, 0.15) is 42.1 Å². The normalized spacial score (nSPS) is 15.4. The third kappa shape index (κ3) is 4.37. The van der Waals surface area contributed by atoms with Gasteiger partial charge in [-0.2, -0.15) is 4.98 Å². The SMILES string of the molecule is CCOC(=O)C1=C(C)Nc2nc(SCc3cccc(C)c3)nn2C1c1ccccc1C. The lowest BCUT2D eigenvalue weighted by Crippen LogP contribution is -2.30. The Morgan fingerprint density at radius 1 is 1.16 bits per heavy atom. The minimum absolute atomic E-state index is 0.317. The number of anilines is 1. The number of hydrogen-bond acceptors (Lipinski definition) is 6. The summed E-state index contributed by atoms with van der Waals surface area (Å²) < 4.78 is 7.18. The molecule has 1 N–H and O–H groups in total. The summed E-state index contributed by atoms with van der Waals surface area (Å²) in [7, 11) is 0. The van der Waals surface area contributed by atoms with Crippen molar-refractivity contribution < 1.29 is 9.53 Å². The molecule has 0 saturated heterocycles. The molecule has 1 aliphatic heterocycles. The van der Waals surface area contributed by atoms with Gasteiger partial charge < -0.3 is 10.1 Å². The number of allylic oxidation sites excluding steroid dienone is 1. The van der Waals surface area contributed by atoms with Gasteiger partial charge in [0.1, 0.15) is 6.04 Å². The van der Waals surface area contributed by atoms with Crippen molar-refractivity contribution in [3.63, 3.8) is 0 Å². The molecule has 0 fully saturated rings. The fourth-order valence-corrected chi connectivity index (χ4v) is 4.57. The van der Waals surface area contributed by atoms with Crippen molar-refractivity contribution in [1.29, 1.82) is 0 Å². The maximum absolute atomic E-state index is 12.9. The zero-order chi connectivity index (χ0) is 22.0. The Morgan fingerprint density at radius 2 is 1.97 bits per heavy atom. The van der Waals surface area contributed by atoms with Gasteiger partial charge in [-0.05, 0) is 44.4 Å². The average molecular weight is 435 g/mol. The summed E-state index contributed by atoms with van der Waals surface area (Å²) in [5.41, 5.74) is 5.84. The first-order valence-electron chi connectivity index (χ1n) is 10.3. The molecule has 0 spiro atoms. The van der Waals surface area contributed by atoms with Crippen molar-refractivity contribution in [1.82, 2.24) is 14.8 Å². The van der Waals surface area contributed by atoms with Crippen molar-refractivity contribution in [2.45, 2.75) is 44.6 Å². The molecule has 2 aromatic carbocycles. The van der Waals surface area contributed by atoms with E-state index in [4.69, 9.17) is 14.8 Å². The maximum atomic E-state index is 12.9. The fourth-order valence-electron chi connectivity index (χ4n) is 3.80. The topological polar surface area (TPSA) is 69.0 Å². The van der Waals surface area contributed by atoms with Gasteiger partial charge in [-0.1, -0.05) is 65.9 Å². The standard InChI is InChI=1S/C24H26N4O2S/c1-5-30-22(29)20-17(4)25-23-26-24(31-14-18-11-8-9-15(2)13-18)27-28(23)21(20)19-12-7-6-10-16(19)3/h6-13,21H,5,14H2,1-4H3,(H,25,26,27). The third-order valence-corrected chi connectivity index (χ3v) is 6.17. The number of aromatic nitrogens is 3. The van der Waals surface area contributed by atoms with Gasteiger partial charge in [0.2, 0.25) is 11.1 Å². The second kappa shape index (κ2) is 8.98. The van der Waals surface area contributed by atoms with Crippen LogP contribution in [0.15, 0.2) is 65.0 Å². The molecule has 0 radical (unpaired) electrons. The summed E-state index contributed by atoms with van der Waals surface area (Å²) in [6.07, 6.45) is 0. The smallest absolute Gasteiger partial charge is 0.338 e. The lowest BCUT2D eigenvalue weighted by molar-refractivity contribution is -0.139. The van der Waals surface area contributed by atoms with Crippen LogP contribution in [0.4, 0.5) is 5.95 Å². The molecular formula is C24H26N4O2S. The number of nitrogens with zero attached hydrogens (tertiary/aromatic N) is 3. The minimum atomic E-state index is -0.391. The second-order valence-corrected chi connectivity index (χ2v) is 8.53. The highest BCUT2D eigenvalue weighted by atomic mass is 32.2. The summed E-state index contributed by atoms with van der Waals surface area (Å²) in [5, 5.41) is 8.70. The number of aryl methyl sites for hydroxylation is 2. The Hall–Kier alpha value is -3.06. The van der Waals surface area contributed by atoms with Crippen molar-refractivity contribution in [2.24, 2.45) is 0 Å². The summed E-state index contributed by atoms with van der Waals surface area (Å²) in [4.78, 5) is 17.6. The van der Waals surface area contributed by atoms with Gasteiger partial charge in [0.15, 0.2) is 0 Å². The predicted molar refractivity (Wildman–Crippen MR) is 123 cm³/mol. The lowest BCUT2D eigenvalue weighted by atomic mass is 9.93. The molecule has 1 unspecified atom stereocenters. The molecule has 1 atom stereocenters. The number of rotatable bonds is 6. The van der Waals surface area contributed by atoms with E-state index in [0.29, 0.717) is 23.3 Å². The van der Waals surface area contributed by atoms with Crippen molar-refractivity contribution in [3.8, 4) is 0 Å². The molecular weight excluding hydrogens is 408 g/mol. The highest BCUT2D eigenvalue weighted by Crippen LogP contribution is 2.38. The zero-order valence-corrected chi connectivity index (χ0v) is 19.0. The average Bonchev–Trinajstić information content (AvgIpc) is 3.14. The van der Waals surface area contributed by atoms with Gasteiger partial charge in [0.25, 0.3) is 0 Å². The largest absolute Gasteiger partial charge is 0.463 e. The van der Waals surface area contributed by atoms with Crippen LogP contribution in [-0.4, -0.2) is 27.3 Å². The molecule has 2 heterocycles. The number of carbonyl (C=O) groups excluding carboxylic acids is 1. The van der Waals surface area contributed by atoms with Gasteiger partial charge in [0, 0.05) is 11.4 Å². The van der Waals surface area contributed by atoms with E-state index in [-0.39, 0.29) is 5.97 Å². The third-order valence-electron chi connectivity index (χ3n) is 5.26. The zero-order valence-electron chi connectivity index (χ0n) is 18.2. The summed E-state index contributed by atoms with van der Waals surface area (Å²) in [6, 6.07) is 16.1. The molecule has 1 aliphatic rings. The van der Waals surface area contributed by atoms with Crippen LogP contribution >= 0.6 is 11.8 Å². The molecule has 31 heavy (non-hydrogen) atoms. The number of hydrogen-bond donors (Lipinski definition) is 1. The minimum Gasteiger partial charge on any atom is -0.463 e. The molecule has 0 amide bonds. The maximum Gasteiger partial charge on any atom is 0.338 e. The van der Waals surface area contributed by atoms with Gasteiger partial charge >= 0.3 is 5.97 Å². The number of esters is 1. The van der Waals surface area contributed by atoms with Gasteiger partial charge in [0.05, 0.1) is 12.2 Å². The van der Waals surface area contributed by atoms with Crippen LogP contribution in [0.3, 0.4) is 0 Å². The molecule has 4 rings (SSSR count). The Labute approximate surface area is 186 Å². The van der Waals surface area contributed by atoms with E-state index >= 15 is 0 Å². The number of benzene rings is 2. The predicted octanol–water partition coefficient (Wildman–Crippen LogP) is 5.04. The van der Waals surface area contributed by atoms with Crippen molar-refractivity contribution in [3.05, 3.63) is 82.1 Å². The number of thioether (sulfide) groups is 1. The van der Waals surface area contributed by atoms with Gasteiger partial charge in [-0.15, -0.1) is 5.10 Å². The van der Waals surface area contributed by atoms with Gasteiger partial charge in [-0.25, -0.2) is 9.48 Å². The van der Waals surface area contributed by atoms with Crippen molar-refractivity contribution >= 4 is 23.7 Å². The number of nitrogens with one attached hydrogen (secondary N) is 1. The van der Waals surface area contributed by atoms with E-state index in [1.165, 1.54) is 11.1 Å². The molecule has 0 bridgehead atoms. The van der Waals surface area contributed by atoms with Crippen molar-refractivity contribution in [2.75, 3.05) is 11.9 Å². The monoisotopic (exact) mass is 434 g/mol. The highest BCUT2D eigenvalue weighted by Gasteiger charge is 2.35. The Kier molecular flexibility index (Phi) is 6.13.